The number of hydrogen-bond acceptors (Lipinski definition) is 2. The highest BCUT2D eigenvalue weighted by molar-refractivity contribution is 5.64. The van der Waals surface area contributed by atoms with Gasteiger partial charge in [-0.1, -0.05) is 95.0 Å². The Bertz CT molecular complexity index is 498. The predicted octanol–water partition coefficient (Wildman–Crippen LogP) is 5.26. The Morgan fingerprint density at radius 2 is 1.41 bits per heavy atom. The van der Waals surface area contributed by atoms with Crippen LogP contribution in [0.25, 0.3) is 0 Å². The lowest BCUT2D eigenvalue weighted by molar-refractivity contribution is -0.921. The molecule has 0 radical (unpaired) electrons. The van der Waals surface area contributed by atoms with Gasteiger partial charge in [-0.05, 0) is 6.42 Å². The summed E-state index contributed by atoms with van der Waals surface area (Å²) in [6, 6.07) is 10.9. The van der Waals surface area contributed by atoms with Crippen molar-refractivity contribution in [2.75, 3.05) is 20.6 Å². The maximum Gasteiger partial charge on any atom is 0.114 e. The molecule has 1 atom stereocenters. The first-order chi connectivity index (χ1) is 13.0. The number of carboxylic acid groups (broad SMARTS) is 1. The average Bonchev–Trinajstić information content (AvgIpc) is 2.65. The number of unbranched alkanes of at least 4 members (excludes halogenated alkanes) is 9. The molecular formula is C24H41NO2. The van der Waals surface area contributed by atoms with Crippen molar-refractivity contribution in [3.8, 4) is 0 Å². The van der Waals surface area contributed by atoms with Crippen LogP contribution >= 0.6 is 0 Å². The van der Waals surface area contributed by atoms with Crippen LogP contribution in [0.5, 0.6) is 0 Å². The Labute approximate surface area is 167 Å². The van der Waals surface area contributed by atoms with Crippen LogP contribution in [-0.4, -0.2) is 31.1 Å². The lowest BCUT2D eigenvalue weighted by Crippen LogP contribution is -2.45. The van der Waals surface area contributed by atoms with E-state index in [-0.39, 0.29) is 6.42 Å². The number of carboxylic acids is 1. The zero-order valence-corrected chi connectivity index (χ0v) is 17.9. The van der Waals surface area contributed by atoms with E-state index >= 15 is 0 Å². The molecule has 27 heavy (non-hydrogen) atoms. The van der Waals surface area contributed by atoms with E-state index < -0.39 is 5.97 Å². The zero-order valence-electron chi connectivity index (χ0n) is 17.9. The molecular weight excluding hydrogens is 334 g/mol. The van der Waals surface area contributed by atoms with Crippen molar-refractivity contribution >= 4 is 5.97 Å². The van der Waals surface area contributed by atoms with Crippen LogP contribution in [-0.2, 0) is 4.79 Å². The summed E-state index contributed by atoms with van der Waals surface area (Å²) in [5.74, 6) is -0.952. The first-order valence-electron chi connectivity index (χ1n) is 11.0. The molecule has 0 aliphatic carbocycles. The number of nitrogens with zero attached hydrogens (tertiary/aromatic N) is 1. The van der Waals surface area contributed by atoms with Gasteiger partial charge in [0.2, 0.25) is 0 Å². The monoisotopic (exact) mass is 375 g/mol. The molecule has 0 heterocycles. The highest BCUT2D eigenvalue weighted by atomic mass is 16.4. The lowest BCUT2D eigenvalue weighted by Gasteiger charge is -2.39. The van der Waals surface area contributed by atoms with Crippen LogP contribution in [0.3, 0.4) is 0 Å². The van der Waals surface area contributed by atoms with E-state index in [0.29, 0.717) is 17.1 Å². The zero-order chi connectivity index (χ0) is 20.0. The van der Waals surface area contributed by atoms with Crippen molar-refractivity contribution in [3.63, 3.8) is 0 Å². The maximum absolute atomic E-state index is 10.9. The van der Waals surface area contributed by atoms with E-state index in [4.69, 9.17) is 0 Å². The molecule has 0 aliphatic heterocycles. The molecule has 3 nitrogen and oxygen atoms in total. The van der Waals surface area contributed by atoms with Gasteiger partial charge in [0.25, 0.3) is 0 Å². The molecule has 0 N–H and O–H groups in total. The van der Waals surface area contributed by atoms with Gasteiger partial charge in [0.1, 0.15) is 6.04 Å². The minimum absolute atomic E-state index is 0.119. The highest BCUT2D eigenvalue weighted by Gasteiger charge is 2.29. The van der Waals surface area contributed by atoms with Crippen LogP contribution in [0.2, 0.25) is 0 Å². The molecule has 0 saturated carbocycles. The van der Waals surface area contributed by atoms with Gasteiger partial charge in [0.15, 0.2) is 0 Å². The number of quaternary nitrogens is 1. The van der Waals surface area contributed by atoms with Gasteiger partial charge >= 0.3 is 0 Å². The number of carbonyl (C=O) groups is 1. The Hall–Kier alpha value is -1.35. The fraction of sp³-hybridized carbons (Fsp3) is 0.708. The minimum Gasteiger partial charge on any atom is -0.550 e. The van der Waals surface area contributed by atoms with Crippen molar-refractivity contribution in [3.05, 3.63) is 35.9 Å². The first kappa shape index (κ1) is 23.7. The van der Waals surface area contributed by atoms with Crippen molar-refractivity contribution in [1.29, 1.82) is 0 Å². The third-order valence-corrected chi connectivity index (χ3v) is 5.75. The van der Waals surface area contributed by atoms with E-state index in [2.05, 4.69) is 45.3 Å². The molecule has 1 aromatic carbocycles. The summed E-state index contributed by atoms with van der Waals surface area (Å²) in [7, 11) is 4.30. The fourth-order valence-corrected chi connectivity index (χ4v) is 3.96. The van der Waals surface area contributed by atoms with Gasteiger partial charge in [-0.25, -0.2) is 0 Å². The van der Waals surface area contributed by atoms with Gasteiger partial charge in [0, 0.05) is 24.4 Å². The van der Waals surface area contributed by atoms with Crippen molar-refractivity contribution in [2.45, 2.75) is 90.0 Å². The summed E-state index contributed by atoms with van der Waals surface area (Å²) in [6.07, 6.45) is 14.6. The number of carbonyl (C=O) groups excluding carboxylic acids is 1. The summed E-state index contributed by atoms with van der Waals surface area (Å²) in [5.41, 5.74) is 1.32. The van der Waals surface area contributed by atoms with E-state index in [1.54, 1.807) is 0 Å². The Morgan fingerprint density at radius 3 is 1.93 bits per heavy atom. The van der Waals surface area contributed by atoms with E-state index in [9.17, 15) is 9.90 Å². The number of aliphatic carboxylic acids is 1. The minimum atomic E-state index is -0.952. The summed E-state index contributed by atoms with van der Waals surface area (Å²) in [6.45, 7) is 2.88. The second-order valence-electron chi connectivity index (χ2n) is 8.52. The molecule has 1 unspecified atom stereocenters. The van der Waals surface area contributed by atoms with Crippen molar-refractivity contribution < 1.29 is 14.4 Å². The molecule has 154 valence electrons. The molecule has 0 fully saturated rings. The van der Waals surface area contributed by atoms with Crippen LogP contribution in [0, 0.1) is 0 Å². The van der Waals surface area contributed by atoms with Crippen molar-refractivity contribution in [1.82, 2.24) is 0 Å². The molecule has 3 heteroatoms. The number of benzene rings is 1. The summed E-state index contributed by atoms with van der Waals surface area (Å²) in [4.78, 5) is 10.9. The topological polar surface area (TPSA) is 40.1 Å². The second-order valence-corrected chi connectivity index (χ2v) is 8.52. The van der Waals surface area contributed by atoms with E-state index in [1.807, 2.05) is 6.07 Å². The molecule has 0 saturated heterocycles. The first-order valence-corrected chi connectivity index (χ1v) is 11.0. The standard InChI is InChI=1S/C24H41NO2/c1-4-5-6-7-8-9-10-11-12-16-19-23(22-17-14-13-15-18-22)25(2,3)21-20-24(26)27/h13-15,17-18,23H,4-12,16,19-21H2,1-3H3. The number of rotatable bonds is 16. The average molecular weight is 376 g/mol. The van der Waals surface area contributed by atoms with Gasteiger partial charge in [-0.15, -0.1) is 0 Å². The normalized spacial score (nSPS) is 12.9. The van der Waals surface area contributed by atoms with E-state index in [0.717, 1.165) is 6.42 Å². The van der Waals surface area contributed by atoms with Crippen LogP contribution in [0.4, 0.5) is 0 Å². The molecule has 1 rings (SSSR count). The van der Waals surface area contributed by atoms with Crippen LogP contribution in [0.1, 0.15) is 95.6 Å². The smallest absolute Gasteiger partial charge is 0.114 e. The SMILES string of the molecule is CCCCCCCCCCCCC(c1ccccc1)[N+](C)(C)CCC(=O)[O-]. The maximum atomic E-state index is 10.9. The molecule has 0 amide bonds. The van der Waals surface area contributed by atoms with E-state index in [1.165, 1.54) is 69.8 Å². The third-order valence-electron chi connectivity index (χ3n) is 5.75. The number of hydrogen-bond donors (Lipinski definition) is 0. The molecule has 0 aliphatic rings. The van der Waals surface area contributed by atoms with Gasteiger partial charge < -0.3 is 14.4 Å². The van der Waals surface area contributed by atoms with Gasteiger partial charge in [0.05, 0.1) is 20.6 Å². The van der Waals surface area contributed by atoms with Crippen LogP contribution < -0.4 is 5.11 Å². The Kier molecular flexibility index (Phi) is 12.1. The van der Waals surface area contributed by atoms with Crippen LogP contribution in [0.15, 0.2) is 30.3 Å². The Balaban J connectivity index is 2.39. The second kappa shape index (κ2) is 13.8. The van der Waals surface area contributed by atoms with Gasteiger partial charge in [-0.3, -0.25) is 0 Å². The fourth-order valence-electron chi connectivity index (χ4n) is 3.96. The summed E-state index contributed by atoms with van der Waals surface area (Å²) in [5, 5.41) is 10.9. The Morgan fingerprint density at radius 1 is 0.889 bits per heavy atom. The quantitative estimate of drug-likeness (QED) is 0.292. The third kappa shape index (κ3) is 10.5. The summed E-state index contributed by atoms with van der Waals surface area (Å²) >= 11 is 0. The van der Waals surface area contributed by atoms with Crippen molar-refractivity contribution in [2.24, 2.45) is 0 Å². The lowest BCUT2D eigenvalue weighted by atomic mass is 9.96. The predicted molar refractivity (Wildman–Crippen MR) is 112 cm³/mol. The molecule has 0 spiro atoms. The molecule has 0 bridgehead atoms. The molecule has 0 aromatic heterocycles. The summed E-state index contributed by atoms with van der Waals surface area (Å²) < 4.78 is 0.704. The molecule has 1 aromatic rings. The van der Waals surface area contributed by atoms with Gasteiger partial charge in [-0.2, -0.15) is 0 Å². The largest absolute Gasteiger partial charge is 0.550 e. The highest BCUT2D eigenvalue weighted by Crippen LogP contribution is 2.31.